The molecule has 5 nitrogen and oxygen atoms in total. The summed E-state index contributed by atoms with van der Waals surface area (Å²) in [5.41, 5.74) is 8.36. The number of anilines is 2. The molecule has 0 aliphatic rings. The Morgan fingerprint density at radius 3 is 2.79 bits per heavy atom. The molecule has 106 valence electrons. The average Bonchev–Trinajstić information content (AvgIpc) is 2.39. The van der Waals surface area contributed by atoms with Gasteiger partial charge in [-0.15, -0.1) is 0 Å². The highest BCUT2D eigenvalue weighted by Gasteiger charge is 2.14. The minimum absolute atomic E-state index is 0.181. The van der Waals surface area contributed by atoms with Gasteiger partial charge in [0, 0.05) is 24.0 Å². The lowest BCUT2D eigenvalue weighted by molar-refractivity contribution is 0.0602. The number of carbonyl (C=O) groups excluding carboxylic acids is 1. The summed E-state index contributed by atoms with van der Waals surface area (Å²) in [6, 6.07) is 3.81. The number of aryl methyl sites for hydroxylation is 1. The number of methoxy groups -OCH3 is 1. The number of hydrogen-bond acceptors (Lipinski definition) is 5. The molecule has 1 aromatic rings. The van der Waals surface area contributed by atoms with Gasteiger partial charge < -0.3 is 20.9 Å². The number of nitrogen functional groups attached to an aromatic ring is 1. The Balaban J connectivity index is 2.91. The lowest BCUT2D eigenvalue weighted by Crippen LogP contribution is -2.17. The van der Waals surface area contributed by atoms with Gasteiger partial charge in [0.1, 0.15) is 0 Å². The van der Waals surface area contributed by atoms with Crippen molar-refractivity contribution in [3.05, 3.63) is 23.3 Å². The quantitative estimate of drug-likeness (QED) is 0.541. The van der Waals surface area contributed by atoms with Gasteiger partial charge in [-0.05, 0) is 44.4 Å². The number of carbonyl (C=O) groups is 1. The normalized spacial score (nSPS) is 12.0. The van der Waals surface area contributed by atoms with Crippen molar-refractivity contribution in [2.75, 3.05) is 24.8 Å². The lowest BCUT2D eigenvalue weighted by atomic mass is 10.1. The van der Waals surface area contributed by atoms with Crippen LogP contribution < -0.4 is 11.1 Å². The molecule has 0 aliphatic carbocycles. The molecule has 1 rings (SSSR count). The number of nitrogens with one attached hydrogen (secondary N) is 1. The van der Waals surface area contributed by atoms with Crippen LogP contribution in [-0.2, 0) is 4.74 Å². The minimum atomic E-state index is -0.438. The van der Waals surface area contributed by atoms with Crippen LogP contribution >= 0.6 is 0 Å². The Morgan fingerprint density at radius 2 is 2.21 bits per heavy atom. The topological polar surface area (TPSA) is 84.6 Å². The number of aliphatic hydroxyl groups excluding tert-OH is 1. The van der Waals surface area contributed by atoms with E-state index in [9.17, 15) is 4.79 Å². The number of esters is 1. The fourth-order valence-corrected chi connectivity index (χ4v) is 1.91. The molecule has 5 heteroatoms. The first-order valence-corrected chi connectivity index (χ1v) is 6.35. The minimum Gasteiger partial charge on any atom is -0.465 e. The van der Waals surface area contributed by atoms with Gasteiger partial charge in [0.25, 0.3) is 0 Å². The van der Waals surface area contributed by atoms with Gasteiger partial charge >= 0.3 is 5.97 Å². The first-order valence-electron chi connectivity index (χ1n) is 6.35. The van der Waals surface area contributed by atoms with Gasteiger partial charge in [0.05, 0.1) is 12.7 Å². The van der Waals surface area contributed by atoms with E-state index in [4.69, 9.17) is 15.6 Å². The van der Waals surface area contributed by atoms with Crippen molar-refractivity contribution >= 4 is 17.3 Å². The SMILES string of the molecule is COC(=O)c1cc(NC(C)CCCO)cc(C)c1N. The molecular formula is C14H22N2O3. The fraction of sp³-hybridized carbons (Fsp3) is 0.500. The van der Waals surface area contributed by atoms with Gasteiger partial charge in [-0.3, -0.25) is 0 Å². The smallest absolute Gasteiger partial charge is 0.340 e. The summed E-state index contributed by atoms with van der Waals surface area (Å²) in [6.45, 7) is 4.06. The molecule has 0 fully saturated rings. The highest BCUT2D eigenvalue weighted by molar-refractivity contribution is 5.97. The van der Waals surface area contributed by atoms with Crippen molar-refractivity contribution in [1.29, 1.82) is 0 Å². The molecule has 0 saturated carbocycles. The monoisotopic (exact) mass is 266 g/mol. The largest absolute Gasteiger partial charge is 0.465 e. The zero-order chi connectivity index (χ0) is 14.4. The Hall–Kier alpha value is -1.75. The van der Waals surface area contributed by atoms with Crippen LogP contribution in [0.2, 0.25) is 0 Å². The third kappa shape index (κ3) is 4.13. The third-order valence-corrected chi connectivity index (χ3v) is 3.00. The molecule has 0 aromatic heterocycles. The van der Waals surface area contributed by atoms with Crippen LogP contribution in [0.1, 0.15) is 35.7 Å². The molecule has 0 radical (unpaired) electrons. The summed E-state index contributed by atoms with van der Waals surface area (Å²) in [5.74, 6) is -0.438. The molecule has 1 aromatic carbocycles. The van der Waals surface area contributed by atoms with Gasteiger partial charge in [0.15, 0.2) is 0 Å². The summed E-state index contributed by atoms with van der Waals surface area (Å²) in [4.78, 5) is 11.6. The van der Waals surface area contributed by atoms with Crippen LogP contribution in [0.25, 0.3) is 0 Å². The summed E-state index contributed by atoms with van der Waals surface area (Å²) >= 11 is 0. The van der Waals surface area contributed by atoms with Crippen molar-refractivity contribution in [3.63, 3.8) is 0 Å². The van der Waals surface area contributed by atoms with Crippen LogP contribution in [0.15, 0.2) is 12.1 Å². The van der Waals surface area contributed by atoms with E-state index >= 15 is 0 Å². The Bertz CT molecular complexity index is 447. The summed E-state index contributed by atoms with van der Waals surface area (Å²) in [7, 11) is 1.33. The molecule has 1 atom stereocenters. The van der Waals surface area contributed by atoms with Crippen molar-refractivity contribution in [3.8, 4) is 0 Å². The maximum absolute atomic E-state index is 11.6. The van der Waals surface area contributed by atoms with E-state index in [0.29, 0.717) is 11.3 Å². The van der Waals surface area contributed by atoms with E-state index in [0.717, 1.165) is 24.1 Å². The second-order valence-corrected chi connectivity index (χ2v) is 4.66. The predicted molar refractivity (Wildman–Crippen MR) is 76.3 cm³/mol. The molecule has 0 heterocycles. The number of hydrogen-bond donors (Lipinski definition) is 3. The Kier molecular flexibility index (Phi) is 5.63. The Labute approximate surface area is 113 Å². The van der Waals surface area contributed by atoms with Crippen LogP contribution in [-0.4, -0.2) is 30.8 Å². The summed E-state index contributed by atoms with van der Waals surface area (Å²) in [5, 5.41) is 12.1. The van der Waals surface area contributed by atoms with Gasteiger partial charge in [0.2, 0.25) is 0 Å². The summed E-state index contributed by atoms with van der Waals surface area (Å²) in [6.07, 6.45) is 1.60. The molecule has 0 spiro atoms. The van der Waals surface area contributed by atoms with E-state index in [1.807, 2.05) is 19.9 Å². The molecular weight excluding hydrogens is 244 g/mol. The highest BCUT2D eigenvalue weighted by atomic mass is 16.5. The van der Waals surface area contributed by atoms with Gasteiger partial charge in [-0.2, -0.15) is 0 Å². The van der Waals surface area contributed by atoms with Crippen molar-refractivity contribution in [1.82, 2.24) is 0 Å². The fourth-order valence-electron chi connectivity index (χ4n) is 1.91. The van der Waals surface area contributed by atoms with Crippen molar-refractivity contribution < 1.29 is 14.6 Å². The molecule has 4 N–H and O–H groups in total. The zero-order valence-electron chi connectivity index (χ0n) is 11.7. The van der Waals surface area contributed by atoms with Crippen LogP contribution in [0, 0.1) is 6.92 Å². The van der Waals surface area contributed by atoms with E-state index in [1.54, 1.807) is 6.07 Å². The number of ether oxygens (including phenoxy) is 1. The summed E-state index contributed by atoms with van der Waals surface area (Å²) < 4.78 is 4.72. The van der Waals surface area contributed by atoms with Crippen LogP contribution in [0.4, 0.5) is 11.4 Å². The molecule has 0 amide bonds. The van der Waals surface area contributed by atoms with Crippen LogP contribution in [0.5, 0.6) is 0 Å². The average molecular weight is 266 g/mol. The zero-order valence-corrected chi connectivity index (χ0v) is 11.7. The number of aliphatic hydroxyl groups is 1. The third-order valence-electron chi connectivity index (χ3n) is 3.00. The standard InChI is InChI=1S/C14H22N2O3/c1-9-7-11(16-10(2)5-4-6-17)8-12(13(9)15)14(18)19-3/h7-8,10,16-17H,4-6,15H2,1-3H3. The van der Waals surface area contributed by atoms with E-state index in [1.165, 1.54) is 7.11 Å². The molecule has 0 saturated heterocycles. The lowest BCUT2D eigenvalue weighted by Gasteiger charge is -2.17. The highest BCUT2D eigenvalue weighted by Crippen LogP contribution is 2.24. The van der Waals surface area contributed by atoms with Gasteiger partial charge in [-0.25, -0.2) is 4.79 Å². The Morgan fingerprint density at radius 1 is 1.53 bits per heavy atom. The molecule has 19 heavy (non-hydrogen) atoms. The number of nitrogens with two attached hydrogens (primary N) is 1. The van der Waals surface area contributed by atoms with Crippen LogP contribution in [0.3, 0.4) is 0 Å². The maximum Gasteiger partial charge on any atom is 0.340 e. The first-order chi connectivity index (χ1) is 8.99. The molecule has 0 bridgehead atoms. The second-order valence-electron chi connectivity index (χ2n) is 4.66. The van der Waals surface area contributed by atoms with E-state index in [-0.39, 0.29) is 12.6 Å². The van der Waals surface area contributed by atoms with E-state index < -0.39 is 5.97 Å². The van der Waals surface area contributed by atoms with Gasteiger partial charge in [-0.1, -0.05) is 0 Å². The first kappa shape index (κ1) is 15.3. The number of rotatable bonds is 6. The van der Waals surface area contributed by atoms with E-state index in [2.05, 4.69) is 5.32 Å². The molecule has 0 aliphatic heterocycles. The molecule has 1 unspecified atom stereocenters. The predicted octanol–water partition coefficient (Wildman–Crippen LogP) is 1.94. The second kappa shape index (κ2) is 6.99. The van der Waals surface area contributed by atoms with Crippen molar-refractivity contribution in [2.24, 2.45) is 0 Å². The number of benzene rings is 1. The van der Waals surface area contributed by atoms with Crippen molar-refractivity contribution in [2.45, 2.75) is 32.7 Å². The maximum atomic E-state index is 11.6.